The number of aliphatic imine (C=N–C) groups is 1. The van der Waals surface area contributed by atoms with Crippen LogP contribution in [0.1, 0.15) is 13.8 Å². The second-order valence-corrected chi connectivity index (χ2v) is 5.54. The Morgan fingerprint density at radius 3 is 2.89 bits per heavy atom. The number of halogens is 1. The SMILES string of the molecule is COc1ccc(F)c(NC2=N[C@@H](C(C)C)CS2)c1. The zero-order valence-corrected chi connectivity index (χ0v) is 11.6. The lowest BCUT2D eigenvalue weighted by Crippen LogP contribution is -2.12. The molecule has 1 N–H and O–H groups in total. The Balaban J connectivity index is 2.12. The summed E-state index contributed by atoms with van der Waals surface area (Å²) in [5.41, 5.74) is 0.407. The number of rotatable bonds is 3. The van der Waals surface area contributed by atoms with E-state index in [4.69, 9.17) is 4.74 Å². The lowest BCUT2D eigenvalue weighted by Gasteiger charge is -2.09. The van der Waals surface area contributed by atoms with E-state index >= 15 is 0 Å². The number of nitrogens with one attached hydrogen (secondary N) is 1. The van der Waals surface area contributed by atoms with Gasteiger partial charge in [-0.05, 0) is 18.1 Å². The molecule has 1 heterocycles. The van der Waals surface area contributed by atoms with Crippen LogP contribution in [0.5, 0.6) is 5.75 Å². The van der Waals surface area contributed by atoms with Crippen molar-refractivity contribution in [2.75, 3.05) is 18.2 Å². The lowest BCUT2D eigenvalue weighted by molar-refractivity contribution is 0.414. The number of thioether (sulfide) groups is 1. The smallest absolute Gasteiger partial charge is 0.161 e. The van der Waals surface area contributed by atoms with E-state index in [2.05, 4.69) is 24.2 Å². The molecule has 0 spiro atoms. The van der Waals surface area contributed by atoms with Crippen LogP contribution in [0.4, 0.5) is 10.1 Å². The highest BCUT2D eigenvalue weighted by atomic mass is 32.2. The monoisotopic (exact) mass is 268 g/mol. The van der Waals surface area contributed by atoms with Crippen molar-refractivity contribution in [3.8, 4) is 5.75 Å². The van der Waals surface area contributed by atoms with Crippen molar-refractivity contribution >= 4 is 22.6 Å². The molecule has 18 heavy (non-hydrogen) atoms. The van der Waals surface area contributed by atoms with Gasteiger partial charge in [0.05, 0.1) is 18.8 Å². The van der Waals surface area contributed by atoms with Crippen molar-refractivity contribution in [1.82, 2.24) is 0 Å². The number of hydrogen-bond donors (Lipinski definition) is 1. The third-order valence-electron chi connectivity index (χ3n) is 2.86. The van der Waals surface area contributed by atoms with Gasteiger partial charge in [0.25, 0.3) is 0 Å². The number of methoxy groups -OCH3 is 1. The first-order valence-corrected chi connectivity index (χ1v) is 6.90. The average Bonchev–Trinajstić information content (AvgIpc) is 2.81. The molecule has 1 aromatic carbocycles. The van der Waals surface area contributed by atoms with Gasteiger partial charge in [0.1, 0.15) is 11.6 Å². The van der Waals surface area contributed by atoms with E-state index in [1.54, 1.807) is 31.0 Å². The largest absolute Gasteiger partial charge is 0.497 e. The molecule has 1 atom stereocenters. The molecule has 0 aromatic heterocycles. The molecular weight excluding hydrogens is 251 g/mol. The van der Waals surface area contributed by atoms with Gasteiger partial charge in [0.15, 0.2) is 5.17 Å². The van der Waals surface area contributed by atoms with E-state index in [-0.39, 0.29) is 5.82 Å². The van der Waals surface area contributed by atoms with Crippen LogP contribution >= 0.6 is 11.8 Å². The molecule has 1 aromatic rings. The predicted molar refractivity (Wildman–Crippen MR) is 75.1 cm³/mol. The molecule has 0 radical (unpaired) electrons. The van der Waals surface area contributed by atoms with Crippen LogP contribution in [-0.4, -0.2) is 24.1 Å². The first-order valence-electron chi connectivity index (χ1n) is 5.91. The lowest BCUT2D eigenvalue weighted by atomic mass is 10.1. The highest BCUT2D eigenvalue weighted by molar-refractivity contribution is 8.14. The predicted octanol–water partition coefficient (Wildman–Crippen LogP) is 3.37. The fraction of sp³-hybridized carbons (Fsp3) is 0.462. The van der Waals surface area contributed by atoms with E-state index in [1.165, 1.54) is 6.07 Å². The molecule has 5 heteroatoms. The Kier molecular flexibility index (Phi) is 4.11. The Hall–Kier alpha value is -1.23. The summed E-state index contributed by atoms with van der Waals surface area (Å²) in [6, 6.07) is 4.94. The van der Waals surface area contributed by atoms with Crippen LogP contribution in [0, 0.1) is 11.7 Å². The molecule has 0 unspecified atom stereocenters. The number of hydrogen-bond acceptors (Lipinski definition) is 4. The minimum Gasteiger partial charge on any atom is -0.497 e. The van der Waals surface area contributed by atoms with Crippen LogP contribution < -0.4 is 10.1 Å². The van der Waals surface area contributed by atoms with Crippen LogP contribution in [0.25, 0.3) is 0 Å². The van der Waals surface area contributed by atoms with Gasteiger partial charge in [-0.3, -0.25) is 4.99 Å². The maximum Gasteiger partial charge on any atom is 0.161 e. The van der Waals surface area contributed by atoms with Gasteiger partial charge in [-0.1, -0.05) is 25.6 Å². The van der Waals surface area contributed by atoms with Gasteiger partial charge in [0, 0.05) is 11.8 Å². The summed E-state index contributed by atoms with van der Waals surface area (Å²) in [7, 11) is 1.56. The van der Waals surface area contributed by atoms with Crippen LogP contribution in [0.15, 0.2) is 23.2 Å². The Bertz CT molecular complexity index is 462. The molecule has 0 bridgehead atoms. The highest BCUT2D eigenvalue weighted by Gasteiger charge is 2.21. The van der Waals surface area contributed by atoms with Crippen molar-refractivity contribution in [3.05, 3.63) is 24.0 Å². The summed E-state index contributed by atoms with van der Waals surface area (Å²) in [5, 5.41) is 3.81. The minimum atomic E-state index is -0.299. The molecule has 98 valence electrons. The van der Waals surface area contributed by atoms with E-state index in [1.807, 2.05) is 0 Å². The molecule has 0 amide bonds. The van der Waals surface area contributed by atoms with Gasteiger partial charge in [-0.25, -0.2) is 4.39 Å². The van der Waals surface area contributed by atoms with Gasteiger partial charge < -0.3 is 10.1 Å². The van der Waals surface area contributed by atoms with E-state index < -0.39 is 0 Å². The van der Waals surface area contributed by atoms with Gasteiger partial charge in [0.2, 0.25) is 0 Å². The maximum absolute atomic E-state index is 13.6. The van der Waals surface area contributed by atoms with Crippen molar-refractivity contribution in [1.29, 1.82) is 0 Å². The number of benzene rings is 1. The Morgan fingerprint density at radius 2 is 2.28 bits per heavy atom. The third kappa shape index (κ3) is 2.96. The zero-order valence-electron chi connectivity index (χ0n) is 10.7. The minimum absolute atomic E-state index is 0.299. The fourth-order valence-electron chi connectivity index (χ4n) is 1.64. The maximum atomic E-state index is 13.6. The molecule has 2 rings (SSSR count). The molecular formula is C13H17FN2OS. The Labute approximate surface area is 111 Å². The second kappa shape index (κ2) is 5.61. The quantitative estimate of drug-likeness (QED) is 0.912. The summed E-state index contributed by atoms with van der Waals surface area (Å²) in [6.07, 6.45) is 0. The number of nitrogens with zero attached hydrogens (tertiary/aromatic N) is 1. The fourth-order valence-corrected chi connectivity index (χ4v) is 2.82. The van der Waals surface area contributed by atoms with Gasteiger partial charge in [-0.15, -0.1) is 0 Å². The molecule has 0 saturated carbocycles. The Morgan fingerprint density at radius 1 is 1.50 bits per heavy atom. The topological polar surface area (TPSA) is 33.6 Å². The molecule has 1 aliphatic rings. The standard InChI is InChI=1S/C13H17FN2OS/c1-8(2)12-7-18-13(16-12)15-11-6-9(17-3)4-5-10(11)14/h4-6,8,12H,7H2,1-3H3,(H,15,16)/t12-/m1/s1. The third-order valence-corrected chi connectivity index (χ3v) is 3.85. The normalized spacial score (nSPS) is 18.9. The summed E-state index contributed by atoms with van der Waals surface area (Å²) in [5.74, 6) is 1.79. The zero-order chi connectivity index (χ0) is 13.1. The number of anilines is 1. The van der Waals surface area contributed by atoms with Gasteiger partial charge in [-0.2, -0.15) is 0 Å². The first kappa shape index (κ1) is 13.2. The first-order chi connectivity index (χ1) is 8.60. The second-order valence-electron chi connectivity index (χ2n) is 4.53. The van der Waals surface area contributed by atoms with E-state index in [0.29, 0.717) is 23.4 Å². The number of ether oxygens (including phenoxy) is 1. The summed E-state index contributed by atoms with van der Waals surface area (Å²) in [4.78, 5) is 4.54. The van der Waals surface area contributed by atoms with Crippen LogP contribution in [-0.2, 0) is 0 Å². The molecule has 0 saturated heterocycles. The van der Waals surface area contributed by atoms with Crippen LogP contribution in [0.2, 0.25) is 0 Å². The molecule has 0 aliphatic carbocycles. The summed E-state index contributed by atoms with van der Waals surface area (Å²) in [6.45, 7) is 4.29. The van der Waals surface area contributed by atoms with Crippen molar-refractivity contribution < 1.29 is 9.13 Å². The molecule has 3 nitrogen and oxygen atoms in total. The van der Waals surface area contributed by atoms with Gasteiger partial charge >= 0.3 is 0 Å². The molecule has 1 aliphatic heterocycles. The average molecular weight is 268 g/mol. The molecule has 0 fully saturated rings. The highest BCUT2D eigenvalue weighted by Crippen LogP contribution is 2.27. The van der Waals surface area contributed by atoms with E-state index in [0.717, 1.165) is 10.9 Å². The van der Waals surface area contributed by atoms with Crippen molar-refractivity contribution in [3.63, 3.8) is 0 Å². The summed E-state index contributed by atoms with van der Waals surface area (Å²) < 4.78 is 18.7. The van der Waals surface area contributed by atoms with Crippen LogP contribution in [0.3, 0.4) is 0 Å². The van der Waals surface area contributed by atoms with Crippen molar-refractivity contribution in [2.24, 2.45) is 10.9 Å². The number of amidine groups is 1. The summed E-state index contributed by atoms with van der Waals surface area (Å²) >= 11 is 1.63. The van der Waals surface area contributed by atoms with E-state index in [9.17, 15) is 4.39 Å². The van der Waals surface area contributed by atoms with Crippen molar-refractivity contribution in [2.45, 2.75) is 19.9 Å².